The largest absolute Gasteiger partial charge is 0.244 e. The fourth-order valence-corrected chi connectivity index (χ4v) is 4.18. The summed E-state index contributed by atoms with van der Waals surface area (Å²) in [5, 5.41) is 10.3. The summed E-state index contributed by atoms with van der Waals surface area (Å²) in [6.45, 7) is 2.26. The number of nitrogens with zero attached hydrogens (tertiary/aromatic N) is 2. The summed E-state index contributed by atoms with van der Waals surface area (Å²) in [6.07, 6.45) is 5.15. The molecular weight excluding hydrogens is 344 g/mol. The van der Waals surface area contributed by atoms with Crippen LogP contribution in [0.3, 0.4) is 0 Å². The van der Waals surface area contributed by atoms with Crippen molar-refractivity contribution in [2.45, 2.75) is 26.2 Å². The molecule has 0 aliphatic heterocycles. The Morgan fingerprint density at radius 1 is 1.43 bits per heavy atom. The first kappa shape index (κ1) is 14.5. The van der Waals surface area contributed by atoms with Gasteiger partial charge in [-0.1, -0.05) is 41.1 Å². The quantitative estimate of drug-likeness (QED) is 0.674. The van der Waals surface area contributed by atoms with E-state index in [1.165, 1.54) is 16.9 Å². The molecule has 4 heteroatoms. The van der Waals surface area contributed by atoms with Crippen molar-refractivity contribution in [3.63, 3.8) is 0 Å². The number of thiophene rings is 1. The van der Waals surface area contributed by atoms with E-state index < -0.39 is 0 Å². The third-order valence-corrected chi connectivity index (χ3v) is 5.75. The number of benzene rings is 1. The van der Waals surface area contributed by atoms with Crippen LogP contribution in [0.5, 0.6) is 0 Å². The van der Waals surface area contributed by atoms with E-state index in [0.29, 0.717) is 5.92 Å². The molecule has 0 fully saturated rings. The minimum absolute atomic E-state index is 0.666. The Balaban J connectivity index is 1.97. The van der Waals surface area contributed by atoms with Crippen LogP contribution in [0.1, 0.15) is 34.9 Å². The molecule has 1 aliphatic carbocycles. The smallest absolute Gasteiger partial charge is 0.134 e. The van der Waals surface area contributed by atoms with Crippen LogP contribution in [-0.2, 0) is 12.8 Å². The molecule has 0 unspecified atom stereocenters. The number of fused-ring (bicyclic) bond motifs is 1. The van der Waals surface area contributed by atoms with Gasteiger partial charge in [0.1, 0.15) is 11.1 Å². The molecule has 106 valence electrons. The van der Waals surface area contributed by atoms with E-state index >= 15 is 0 Å². The lowest BCUT2D eigenvalue weighted by Gasteiger charge is -2.17. The van der Waals surface area contributed by atoms with E-state index in [2.05, 4.69) is 33.9 Å². The van der Waals surface area contributed by atoms with E-state index in [1.807, 2.05) is 30.5 Å². The Kier molecular flexibility index (Phi) is 4.23. The number of nitriles is 1. The fourth-order valence-electron chi connectivity index (χ4n) is 2.66. The summed E-state index contributed by atoms with van der Waals surface area (Å²) in [6, 6.07) is 10.3. The highest BCUT2D eigenvalue weighted by atomic mass is 79.9. The minimum Gasteiger partial charge on any atom is -0.244 e. The topological polar surface area (TPSA) is 36.1 Å². The van der Waals surface area contributed by atoms with Crippen molar-refractivity contribution < 1.29 is 0 Å². The van der Waals surface area contributed by atoms with E-state index in [4.69, 9.17) is 0 Å². The number of halogens is 1. The van der Waals surface area contributed by atoms with E-state index in [0.717, 1.165) is 33.4 Å². The zero-order chi connectivity index (χ0) is 14.8. The second kappa shape index (κ2) is 6.13. The molecule has 0 N–H and O–H groups in total. The van der Waals surface area contributed by atoms with Crippen molar-refractivity contribution >= 4 is 38.5 Å². The molecule has 21 heavy (non-hydrogen) atoms. The van der Waals surface area contributed by atoms with Crippen LogP contribution in [0.25, 0.3) is 0 Å². The lowest BCUT2D eigenvalue weighted by atomic mass is 9.88. The monoisotopic (exact) mass is 358 g/mol. The van der Waals surface area contributed by atoms with Gasteiger partial charge in [-0.2, -0.15) is 5.26 Å². The first-order valence-corrected chi connectivity index (χ1v) is 8.63. The van der Waals surface area contributed by atoms with Gasteiger partial charge in [-0.05, 0) is 36.8 Å². The normalized spacial score (nSPS) is 17.7. The molecule has 0 saturated carbocycles. The number of rotatable bonds is 2. The molecule has 2 nitrogen and oxygen atoms in total. The van der Waals surface area contributed by atoms with Crippen LogP contribution in [-0.4, -0.2) is 6.21 Å². The maximum absolute atomic E-state index is 9.47. The van der Waals surface area contributed by atoms with Gasteiger partial charge in [0.15, 0.2) is 0 Å². The first-order chi connectivity index (χ1) is 10.2. The molecule has 1 aliphatic rings. The van der Waals surface area contributed by atoms with Gasteiger partial charge in [0.2, 0.25) is 0 Å². The summed E-state index contributed by atoms with van der Waals surface area (Å²) in [5.41, 5.74) is 3.05. The maximum atomic E-state index is 9.47. The number of aliphatic imine (C=N–C) groups is 1. The Bertz CT molecular complexity index is 740. The molecule has 1 atom stereocenters. The summed E-state index contributed by atoms with van der Waals surface area (Å²) in [4.78, 5) is 5.93. The Hall–Kier alpha value is -1.44. The van der Waals surface area contributed by atoms with Crippen molar-refractivity contribution in [1.29, 1.82) is 5.26 Å². The standard InChI is InChI=1S/C17H15BrN2S/c1-11-6-7-16-13(8-11)14(9-19)17(21-16)20-10-12-4-2-3-5-15(12)18/h2-5,10-11H,6-8H2,1H3/t11-/m0/s1. The van der Waals surface area contributed by atoms with Gasteiger partial charge < -0.3 is 0 Å². The fraction of sp³-hybridized carbons (Fsp3) is 0.294. The molecule has 0 bridgehead atoms. The van der Waals surface area contributed by atoms with Gasteiger partial charge in [0, 0.05) is 21.1 Å². The highest BCUT2D eigenvalue weighted by molar-refractivity contribution is 9.10. The summed E-state index contributed by atoms with van der Waals surface area (Å²) in [5.74, 6) is 0.666. The Labute approximate surface area is 137 Å². The summed E-state index contributed by atoms with van der Waals surface area (Å²) >= 11 is 5.20. The number of aryl methyl sites for hydroxylation is 1. The number of hydrogen-bond acceptors (Lipinski definition) is 3. The zero-order valence-corrected chi connectivity index (χ0v) is 14.2. The van der Waals surface area contributed by atoms with Gasteiger partial charge >= 0.3 is 0 Å². The van der Waals surface area contributed by atoms with Gasteiger partial charge in [0.25, 0.3) is 0 Å². The van der Waals surface area contributed by atoms with Crippen molar-refractivity contribution in [1.82, 2.24) is 0 Å². The van der Waals surface area contributed by atoms with Crippen molar-refractivity contribution in [2.24, 2.45) is 10.9 Å². The van der Waals surface area contributed by atoms with Gasteiger partial charge in [0.05, 0.1) is 5.56 Å². The predicted molar refractivity (Wildman–Crippen MR) is 91.6 cm³/mol. The van der Waals surface area contributed by atoms with Crippen LogP contribution < -0.4 is 0 Å². The Morgan fingerprint density at radius 2 is 2.24 bits per heavy atom. The molecule has 1 aromatic carbocycles. The maximum Gasteiger partial charge on any atom is 0.134 e. The van der Waals surface area contributed by atoms with Gasteiger partial charge in [-0.3, -0.25) is 0 Å². The van der Waals surface area contributed by atoms with Crippen molar-refractivity contribution in [2.75, 3.05) is 0 Å². The van der Waals surface area contributed by atoms with E-state index in [-0.39, 0.29) is 0 Å². The van der Waals surface area contributed by atoms with E-state index in [1.54, 1.807) is 11.3 Å². The molecule has 0 amide bonds. The van der Waals surface area contributed by atoms with Crippen molar-refractivity contribution in [3.05, 3.63) is 50.3 Å². The number of hydrogen-bond donors (Lipinski definition) is 0. The van der Waals surface area contributed by atoms with Crippen molar-refractivity contribution in [3.8, 4) is 6.07 Å². The third-order valence-electron chi connectivity index (χ3n) is 3.83. The first-order valence-electron chi connectivity index (χ1n) is 7.02. The van der Waals surface area contributed by atoms with Crippen LogP contribution in [0.15, 0.2) is 33.7 Å². The van der Waals surface area contributed by atoms with Crippen LogP contribution >= 0.6 is 27.3 Å². The molecule has 1 heterocycles. The molecule has 0 radical (unpaired) electrons. The lowest BCUT2D eigenvalue weighted by molar-refractivity contribution is 0.506. The SMILES string of the molecule is C[C@H]1CCc2sc(N=Cc3ccccc3Br)c(C#N)c2C1. The van der Waals surface area contributed by atoms with Crippen LogP contribution in [0.4, 0.5) is 5.00 Å². The van der Waals surface area contributed by atoms with Crippen LogP contribution in [0.2, 0.25) is 0 Å². The van der Waals surface area contributed by atoms with Crippen LogP contribution in [0, 0.1) is 17.2 Å². The molecule has 0 saturated heterocycles. The molecule has 1 aromatic heterocycles. The highest BCUT2D eigenvalue weighted by Crippen LogP contribution is 2.40. The average Bonchev–Trinajstić information content (AvgIpc) is 2.83. The predicted octanol–water partition coefficient (Wildman–Crippen LogP) is 5.26. The summed E-state index contributed by atoms with van der Waals surface area (Å²) < 4.78 is 1.02. The molecular formula is C17H15BrN2S. The average molecular weight is 359 g/mol. The zero-order valence-electron chi connectivity index (χ0n) is 11.8. The highest BCUT2D eigenvalue weighted by Gasteiger charge is 2.23. The molecule has 3 rings (SSSR count). The van der Waals surface area contributed by atoms with Gasteiger partial charge in [-0.25, -0.2) is 4.99 Å². The summed E-state index contributed by atoms with van der Waals surface area (Å²) in [7, 11) is 0. The second-order valence-electron chi connectivity index (χ2n) is 5.42. The van der Waals surface area contributed by atoms with E-state index in [9.17, 15) is 5.26 Å². The lowest BCUT2D eigenvalue weighted by Crippen LogP contribution is -2.09. The minimum atomic E-state index is 0.666. The van der Waals surface area contributed by atoms with Gasteiger partial charge in [-0.15, -0.1) is 11.3 Å². The second-order valence-corrected chi connectivity index (χ2v) is 7.36. The molecule has 2 aromatic rings. The Morgan fingerprint density at radius 3 is 3.00 bits per heavy atom. The molecule has 0 spiro atoms. The third kappa shape index (κ3) is 2.95.